The van der Waals surface area contributed by atoms with Gasteiger partial charge in [0.25, 0.3) is 5.91 Å². The van der Waals surface area contributed by atoms with Crippen LogP contribution in [-0.4, -0.2) is 17.6 Å². The van der Waals surface area contributed by atoms with Crippen LogP contribution in [0.4, 0.5) is 5.69 Å². The predicted molar refractivity (Wildman–Crippen MR) is 84.3 cm³/mol. The Morgan fingerprint density at radius 2 is 1.81 bits per heavy atom. The van der Waals surface area contributed by atoms with Gasteiger partial charge in [-0.3, -0.25) is 4.79 Å². The van der Waals surface area contributed by atoms with Crippen molar-refractivity contribution in [3.05, 3.63) is 64.7 Å². The summed E-state index contributed by atoms with van der Waals surface area (Å²) in [5.41, 5.74) is 4.13. The van der Waals surface area contributed by atoms with Gasteiger partial charge < -0.3 is 10.4 Å². The summed E-state index contributed by atoms with van der Waals surface area (Å²) in [5, 5.41) is 11.6. The van der Waals surface area contributed by atoms with Crippen molar-refractivity contribution in [3.8, 4) is 11.8 Å². The van der Waals surface area contributed by atoms with Crippen LogP contribution in [0.2, 0.25) is 0 Å². The van der Waals surface area contributed by atoms with Crippen molar-refractivity contribution in [1.29, 1.82) is 0 Å². The highest BCUT2D eigenvalue weighted by atomic mass is 16.2. The topological polar surface area (TPSA) is 49.3 Å². The average molecular weight is 279 g/mol. The molecule has 2 N–H and O–H groups in total. The summed E-state index contributed by atoms with van der Waals surface area (Å²) in [4.78, 5) is 12.3. The van der Waals surface area contributed by atoms with Crippen LogP contribution in [0.1, 0.15) is 27.0 Å². The van der Waals surface area contributed by atoms with Gasteiger partial charge in [0.1, 0.15) is 6.61 Å². The van der Waals surface area contributed by atoms with Gasteiger partial charge in [-0.05, 0) is 49.7 Å². The third-order valence-electron chi connectivity index (χ3n) is 2.96. The lowest BCUT2D eigenvalue weighted by atomic mass is 10.1. The summed E-state index contributed by atoms with van der Waals surface area (Å²) in [6.45, 7) is 3.71. The molecule has 1 amide bonds. The van der Waals surface area contributed by atoms with Gasteiger partial charge in [0.15, 0.2) is 0 Å². The van der Waals surface area contributed by atoms with Crippen LogP contribution in [0, 0.1) is 25.7 Å². The van der Waals surface area contributed by atoms with E-state index in [0.717, 1.165) is 22.4 Å². The summed E-state index contributed by atoms with van der Waals surface area (Å²) in [6.07, 6.45) is 0. The maximum atomic E-state index is 12.3. The highest BCUT2D eigenvalue weighted by molar-refractivity contribution is 6.04. The number of benzene rings is 2. The summed E-state index contributed by atoms with van der Waals surface area (Å²) >= 11 is 0. The quantitative estimate of drug-likeness (QED) is 0.830. The number of aryl methyl sites for hydroxylation is 2. The Morgan fingerprint density at radius 1 is 1.10 bits per heavy atom. The molecule has 0 saturated heterocycles. The van der Waals surface area contributed by atoms with Gasteiger partial charge in [0.2, 0.25) is 0 Å². The van der Waals surface area contributed by atoms with Crippen LogP contribution in [0.25, 0.3) is 0 Å². The molecule has 21 heavy (non-hydrogen) atoms. The van der Waals surface area contributed by atoms with Gasteiger partial charge in [0, 0.05) is 16.8 Å². The number of amides is 1. The van der Waals surface area contributed by atoms with Crippen molar-refractivity contribution in [1.82, 2.24) is 0 Å². The van der Waals surface area contributed by atoms with Crippen LogP contribution in [0.15, 0.2) is 42.5 Å². The molecule has 2 aromatic rings. The first-order valence-electron chi connectivity index (χ1n) is 6.68. The van der Waals surface area contributed by atoms with Gasteiger partial charge >= 0.3 is 0 Å². The van der Waals surface area contributed by atoms with Gasteiger partial charge in [-0.15, -0.1) is 0 Å². The van der Waals surface area contributed by atoms with Crippen LogP contribution >= 0.6 is 0 Å². The van der Waals surface area contributed by atoms with Crippen molar-refractivity contribution in [2.24, 2.45) is 0 Å². The molecule has 0 unspecified atom stereocenters. The molecule has 0 aromatic heterocycles. The van der Waals surface area contributed by atoms with Crippen molar-refractivity contribution >= 4 is 11.6 Å². The van der Waals surface area contributed by atoms with Crippen LogP contribution in [-0.2, 0) is 0 Å². The second-order valence-electron chi connectivity index (χ2n) is 4.87. The summed E-state index contributed by atoms with van der Waals surface area (Å²) < 4.78 is 0. The lowest BCUT2D eigenvalue weighted by molar-refractivity contribution is 0.102. The largest absolute Gasteiger partial charge is 0.384 e. The maximum absolute atomic E-state index is 12.3. The molecular weight excluding hydrogens is 262 g/mol. The fourth-order valence-corrected chi connectivity index (χ4v) is 1.97. The van der Waals surface area contributed by atoms with E-state index in [1.165, 1.54) is 0 Å². The van der Waals surface area contributed by atoms with Crippen molar-refractivity contribution in [2.45, 2.75) is 13.8 Å². The minimum atomic E-state index is -0.196. The maximum Gasteiger partial charge on any atom is 0.255 e. The number of aliphatic hydroxyl groups is 1. The van der Waals surface area contributed by atoms with E-state index in [-0.39, 0.29) is 12.5 Å². The average Bonchev–Trinajstić information content (AvgIpc) is 2.47. The fraction of sp³-hybridized carbons (Fsp3) is 0.167. The number of hydrogen-bond donors (Lipinski definition) is 2. The molecule has 0 aliphatic heterocycles. The normalized spacial score (nSPS) is 9.67. The molecule has 0 bridgehead atoms. The number of nitrogens with one attached hydrogen (secondary N) is 1. The van der Waals surface area contributed by atoms with E-state index in [1.807, 2.05) is 50.2 Å². The predicted octanol–water partition coefficient (Wildman–Crippen LogP) is 2.90. The smallest absolute Gasteiger partial charge is 0.255 e. The Morgan fingerprint density at radius 3 is 2.48 bits per heavy atom. The zero-order valence-electron chi connectivity index (χ0n) is 12.1. The highest BCUT2D eigenvalue weighted by Crippen LogP contribution is 2.13. The number of rotatable bonds is 2. The molecule has 0 spiro atoms. The van der Waals surface area contributed by atoms with Gasteiger partial charge in [-0.1, -0.05) is 29.5 Å². The summed E-state index contributed by atoms with van der Waals surface area (Å²) in [5.74, 6) is 5.24. The second-order valence-corrected chi connectivity index (χ2v) is 4.87. The second kappa shape index (κ2) is 6.74. The molecule has 0 aliphatic carbocycles. The number of anilines is 1. The first kappa shape index (κ1) is 14.8. The first-order valence-corrected chi connectivity index (χ1v) is 6.68. The Kier molecular flexibility index (Phi) is 4.76. The third kappa shape index (κ3) is 4.20. The zero-order valence-corrected chi connectivity index (χ0v) is 12.1. The molecule has 3 heteroatoms. The number of carbonyl (C=O) groups excluding carboxylic acids is 1. The highest BCUT2D eigenvalue weighted by Gasteiger charge is 2.07. The molecule has 0 atom stereocenters. The lowest BCUT2D eigenvalue weighted by Crippen LogP contribution is -2.12. The van der Waals surface area contributed by atoms with Crippen molar-refractivity contribution in [3.63, 3.8) is 0 Å². The number of carbonyl (C=O) groups is 1. The molecular formula is C18H17NO2. The first-order chi connectivity index (χ1) is 10.1. The van der Waals surface area contributed by atoms with Crippen LogP contribution in [0.3, 0.4) is 0 Å². The molecule has 2 rings (SSSR count). The molecule has 3 nitrogen and oxygen atoms in total. The van der Waals surface area contributed by atoms with Gasteiger partial charge in [-0.25, -0.2) is 0 Å². The standard InChI is InChI=1S/C18H17NO2/c1-13-5-7-17(8-6-13)19-18(21)16-11-14(2)10-15(12-16)4-3-9-20/h5-8,10-12,20H,9H2,1-2H3,(H,19,21). The van der Waals surface area contributed by atoms with Crippen molar-refractivity contribution < 1.29 is 9.90 Å². The molecule has 2 aromatic carbocycles. The third-order valence-corrected chi connectivity index (χ3v) is 2.96. The van der Waals surface area contributed by atoms with E-state index in [0.29, 0.717) is 5.56 Å². The Balaban J connectivity index is 2.22. The molecule has 0 fully saturated rings. The van der Waals surface area contributed by atoms with E-state index in [9.17, 15) is 4.79 Å². The summed E-state index contributed by atoms with van der Waals surface area (Å²) in [6, 6.07) is 13.1. The van der Waals surface area contributed by atoms with E-state index < -0.39 is 0 Å². The van der Waals surface area contributed by atoms with Gasteiger partial charge in [0.05, 0.1) is 0 Å². The van der Waals surface area contributed by atoms with E-state index >= 15 is 0 Å². The minimum absolute atomic E-state index is 0.172. The molecule has 0 radical (unpaired) electrons. The minimum Gasteiger partial charge on any atom is -0.384 e. The Labute approximate surface area is 124 Å². The van der Waals surface area contributed by atoms with Crippen molar-refractivity contribution in [2.75, 3.05) is 11.9 Å². The van der Waals surface area contributed by atoms with Crippen LogP contribution < -0.4 is 5.32 Å². The van der Waals surface area contributed by atoms with Crippen LogP contribution in [0.5, 0.6) is 0 Å². The Hall–Kier alpha value is -2.57. The Bertz CT molecular complexity index is 706. The van der Waals surface area contributed by atoms with Gasteiger partial charge in [-0.2, -0.15) is 0 Å². The SMILES string of the molecule is Cc1ccc(NC(=O)c2cc(C)cc(C#CCO)c2)cc1. The number of aliphatic hydroxyl groups excluding tert-OH is 1. The monoisotopic (exact) mass is 279 g/mol. The summed E-state index contributed by atoms with van der Waals surface area (Å²) in [7, 11) is 0. The van der Waals surface area contributed by atoms with E-state index in [2.05, 4.69) is 17.2 Å². The molecule has 106 valence electrons. The number of hydrogen-bond acceptors (Lipinski definition) is 2. The zero-order chi connectivity index (χ0) is 15.2. The molecule has 0 aliphatic rings. The van der Waals surface area contributed by atoms with E-state index in [1.54, 1.807) is 6.07 Å². The molecule has 0 heterocycles. The fourth-order valence-electron chi connectivity index (χ4n) is 1.97. The molecule has 0 saturated carbocycles. The lowest BCUT2D eigenvalue weighted by Gasteiger charge is -2.07. The van der Waals surface area contributed by atoms with E-state index in [4.69, 9.17) is 5.11 Å².